The van der Waals surface area contributed by atoms with E-state index in [9.17, 15) is 4.79 Å². The third kappa shape index (κ3) is 2.05. The molecule has 50 valence electrons. The second-order valence-electron chi connectivity index (χ2n) is 2.11. The highest BCUT2D eigenvalue weighted by molar-refractivity contribution is 7.96. The molecule has 1 saturated carbocycles. The highest BCUT2D eigenvalue weighted by Gasteiger charge is 2.29. The van der Waals surface area contributed by atoms with Crippen LogP contribution >= 0.6 is 12.6 Å². The third-order valence-electron chi connectivity index (χ3n) is 1.19. The highest BCUT2D eigenvalue weighted by Crippen LogP contribution is 2.28. The highest BCUT2D eigenvalue weighted by atomic mass is 32.1. The van der Waals surface area contributed by atoms with Crippen LogP contribution in [0.4, 0.5) is 0 Å². The first kappa shape index (κ1) is 6.61. The van der Waals surface area contributed by atoms with Crippen molar-refractivity contribution in [3.63, 3.8) is 0 Å². The van der Waals surface area contributed by atoms with Crippen molar-refractivity contribution in [2.75, 3.05) is 0 Å². The summed E-state index contributed by atoms with van der Waals surface area (Å²) in [6.07, 6.45) is 1.93. The smallest absolute Gasteiger partial charge is 0.229 e. The molecule has 0 unspecified atom stereocenters. The summed E-state index contributed by atoms with van der Waals surface area (Å²) in [6.45, 7) is 0. The summed E-state index contributed by atoms with van der Waals surface area (Å²) in [6, 6.07) is 0. The van der Waals surface area contributed by atoms with Crippen molar-refractivity contribution in [3.05, 3.63) is 0 Å². The summed E-state index contributed by atoms with van der Waals surface area (Å²) in [5.41, 5.74) is 0. The molecular formula is C5H8N2OS. The van der Waals surface area contributed by atoms with Crippen LogP contribution in [0.2, 0.25) is 0 Å². The van der Waals surface area contributed by atoms with Crippen molar-refractivity contribution >= 4 is 23.7 Å². The van der Waals surface area contributed by atoms with Crippen molar-refractivity contribution in [1.82, 2.24) is 5.32 Å². The van der Waals surface area contributed by atoms with Gasteiger partial charge in [-0.25, -0.2) is 0 Å². The van der Waals surface area contributed by atoms with Gasteiger partial charge in [0.2, 0.25) is 5.91 Å². The second kappa shape index (κ2) is 2.39. The average Bonchev–Trinajstić information content (AvgIpc) is 2.40. The molecule has 1 aliphatic carbocycles. The minimum absolute atomic E-state index is 0.0602. The zero-order valence-corrected chi connectivity index (χ0v) is 5.74. The van der Waals surface area contributed by atoms with Crippen molar-refractivity contribution < 1.29 is 4.79 Å². The topological polar surface area (TPSA) is 53.0 Å². The van der Waals surface area contributed by atoms with Crippen molar-refractivity contribution in [3.8, 4) is 0 Å². The summed E-state index contributed by atoms with van der Waals surface area (Å²) in [4.78, 5) is 10.7. The second-order valence-corrected chi connectivity index (χ2v) is 2.56. The molecule has 0 bridgehead atoms. The summed E-state index contributed by atoms with van der Waals surface area (Å²) < 4.78 is 0. The predicted octanol–water partition coefficient (Wildman–Crippen LogP) is 0.377. The Hall–Kier alpha value is -0.510. The molecule has 9 heavy (non-hydrogen) atoms. The molecule has 1 amide bonds. The molecule has 4 heteroatoms. The van der Waals surface area contributed by atoms with Gasteiger partial charge in [0.25, 0.3) is 0 Å². The molecule has 0 atom stereocenters. The maximum Gasteiger partial charge on any atom is 0.229 e. The predicted molar refractivity (Wildman–Crippen MR) is 37.6 cm³/mol. The van der Waals surface area contributed by atoms with Gasteiger partial charge in [-0.1, -0.05) is 0 Å². The zero-order chi connectivity index (χ0) is 6.85. The van der Waals surface area contributed by atoms with Crippen molar-refractivity contribution in [1.29, 1.82) is 5.41 Å². The Morgan fingerprint density at radius 3 is 2.56 bits per heavy atom. The fraction of sp³-hybridized carbons (Fsp3) is 0.600. The molecule has 0 aromatic heterocycles. The molecular weight excluding hydrogens is 136 g/mol. The largest absolute Gasteiger partial charge is 0.306 e. The number of carbonyl (C=O) groups excluding carboxylic acids is 1. The van der Waals surface area contributed by atoms with Crippen LogP contribution in [0, 0.1) is 11.3 Å². The van der Waals surface area contributed by atoms with Crippen LogP contribution in [0.5, 0.6) is 0 Å². The first-order valence-corrected chi connectivity index (χ1v) is 3.23. The molecule has 0 aromatic carbocycles. The first-order valence-electron chi connectivity index (χ1n) is 2.78. The number of rotatable bonds is 1. The van der Waals surface area contributed by atoms with Crippen LogP contribution < -0.4 is 5.32 Å². The standard InChI is InChI=1S/C5H8N2OS/c6-5(9)7-4(8)3-1-2-3/h3H,1-2H2,(H3,6,7,8,9). The van der Waals surface area contributed by atoms with Crippen LogP contribution in [0.1, 0.15) is 12.8 Å². The SMILES string of the molecule is N=C(S)NC(=O)C1CC1. The van der Waals surface area contributed by atoms with Gasteiger partial charge in [-0.3, -0.25) is 10.2 Å². The summed E-state index contributed by atoms with van der Waals surface area (Å²) >= 11 is 3.61. The molecule has 0 saturated heterocycles. The summed E-state index contributed by atoms with van der Waals surface area (Å²) in [5.74, 6) is 0.104. The fourth-order valence-corrected chi connectivity index (χ4v) is 0.674. The molecule has 0 aliphatic heterocycles. The number of carbonyl (C=O) groups is 1. The van der Waals surface area contributed by atoms with E-state index in [0.29, 0.717) is 0 Å². The molecule has 0 heterocycles. The van der Waals surface area contributed by atoms with E-state index in [2.05, 4.69) is 17.9 Å². The van der Waals surface area contributed by atoms with Gasteiger partial charge in [0.1, 0.15) is 0 Å². The monoisotopic (exact) mass is 144 g/mol. The molecule has 1 fully saturated rings. The van der Waals surface area contributed by atoms with Gasteiger partial charge in [-0.05, 0) is 12.8 Å². The molecule has 0 aromatic rings. The van der Waals surface area contributed by atoms with Gasteiger partial charge in [-0.2, -0.15) is 0 Å². The van der Waals surface area contributed by atoms with Crippen LogP contribution in [0.15, 0.2) is 0 Å². The minimum atomic E-state index is -0.0631. The Bertz CT molecular complexity index is 153. The molecule has 3 nitrogen and oxygen atoms in total. The third-order valence-corrected chi connectivity index (χ3v) is 1.30. The van der Waals surface area contributed by atoms with Crippen molar-refractivity contribution in [2.45, 2.75) is 12.8 Å². The normalized spacial score (nSPS) is 17.0. The Balaban J connectivity index is 2.26. The van der Waals surface area contributed by atoms with E-state index in [1.165, 1.54) is 0 Å². The first-order chi connectivity index (χ1) is 4.20. The number of thiol groups is 1. The minimum Gasteiger partial charge on any atom is -0.306 e. The molecule has 0 spiro atoms. The summed E-state index contributed by atoms with van der Waals surface area (Å²) in [5, 5.41) is 9.03. The Labute approximate surface area is 58.7 Å². The maximum absolute atomic E-state index is 10.7. The van der Waals surface area contributed by atoms with Gasteiger partial charge in [0, 0.05) is 5.92 Å². The van der Waals surface area contributed by atoms with Gasteiger partial charge in [0.15, 0.2) is 5.17 Å². The van der Waals surface area contributed by atoms with Crippen LogP contribution in [-0.2, 0) is 4.79 Å². The molecule has 1 aliphatic rings. The fourth-order valence-electron chi connectivity index (χ4n) is 0.564. The van der Waals surface area contributed by atoms with E-state index >= 15 is 0 Å². The molecule has 0 radical (unpaired) electrons. The Morgan fingerprint density at radius 1 is 1.67 bits per heavy atom. The van der Waals surface area contributed by atoms with Gasteiger partial charge in [0.05, 0.1) is 0 Å². The van der Waals surface area contributed by atoms with E-state index in [1.807, 2.05) is 0 Å². The number of amidine groups is 1. The zero-order valence-electron chi connectivity index (χ0n) is 4.85. The lowest BCUT2D eigenvalue weighted by Gasteiger charge is -1.96. The molecule has 1 rings (SSSR count). The number of amides is 1. The quantitative estimate of drug-likeness (QED) is 0.278. The average molecular weight is 144 g/mol. The van der Waals surface area contributed by atoms with Gasteiger partial charge in [-0.15, -0.1) is 12.6 Å². The number of hydrogen-bond donors (Lipinski definition) is 3. The van der Waals surface area contributed by atoms with Crippen LogP contribution in [-0.4, -0.2) is 11.1 Å². The van der Waals surface area contributed by atoms with Gasteiger partial charge >= 0.3 is 0 Å². The lowest BCUT2D eigenvalue weighted by Crippen LogP contribution is -2.27. The van der Waals surface area contributed by atoms with E-state index < -0.39 is 0 Å². The van der Waals surface area contributed by atoms with Crippen LogP contribution in [0.25, 0.3) is 0 Å². The number of hydrogen-bond acceptors (Lipinski definition) is 2. The van der Waals surface area contributed by atoms with E-state index in [4.69, 9.17) is 5.41 Å². The van der Waals surface area contributed by atoms with E-state index in [-0.39, 0.29) is 17.0 Å². The Kier molecular flexibility index (Phi) is 1.75. The van der Waals surface area contributed by atoms with Crippen molar-refractivity contribution in [2.24, 2.45) is 5.92 Å². The van der Waals surface area contributed by atoms with Crippen LogP contribution in [0.3, 0.4) is 0 Å². The number of nitrogens with one attached hydrogen (secondary N) is 2. The molecule has 2 N–H and O–H groups in total. The van der Waals surface area contributed by atoms with Gasteiger partial charge < -0.3 is 5.32 Å². The van der Waals surface area contributed by atoms with E-state index in [0.717, 1.165) is 12.8 Å². The lowest BCUT2D eigenvalue weighted by atomic mass is 10.4. The van der Waals surface area contributed by atoms with E-state index in [1.54, 1.807) is 0 Å². The Morgan fingerprint density at radius 2 is 2.22 bits per heavy atom. The lowest BCUT2D eigenvalue weighted by molar-refractivity contribution is -0.120. The summed E-state index contributed by atoms with van der Waals surface area (Å²) in [7, 11) is 0. The maximum atomic E-state index is 10.7.